The lowest BCUT2D eigenvalue weighted by Crippen LogP contribution is -2.48. The van der Waals surface area contributed by atoms with Crippen molar-refractivity contribution in [1.29, 1.82) is 0 Å². The van der Waals surface area contributed by atoms with E-state index in [1.165, 1.54) is 70.8 Å². The first-order chi connectivity index (χ1) is 7.83. The average Bonchev–Trinajstić information content (AvgIpc) is 2.24. The summed E-state index contributed by atoms with van der Waals surface area (Å²) in [6.45, 7) is 3.48. The van der Waals surface area contributed by atoms with E-state index in [1.807, 2.05) is 0 Å². The summed E-state index contributed by atoms with van der Waals surface area (Å²) in [6, 6.07) is 1.22. The molecule has 0 aromatic carbocycles. The first-order valence-corrected chi connectivity index (χ1v) is 7.32. The van der Waals surface area contributed by atoms with Gasteiger partial charge in [0.1, 0.15) is 0 Å². The minimum atomic E-state index is 0.482. The van der Waals surface area contributed by atoms with Crippen molar-refractivity contribution in [2.24, 2.45) is 5.73 Å². The van der Waals surface area contributed by atoms with Crippen molar-refractivity contribution in [2.75, 3.05) is 6.54 Å². The van der Waals surface area contributed by atoms with E-state index in [0.29, 0.717) is 6.04 Å². The molecule has 96 valence electrons. The maximum Gasteiger partial charge on any atom is 0.00965 e. The smallest absolute Gasteiger partial charge is 0.00965 e. The second-order valence-corrected chi connectivity index (χ2v) is 5.36. The SMILES string of the molecule is CCCCCCCCCCNC1CC(N)C1. The Labute approximate surface area is 101 Å². The molecule has 0 spiro atoms. The lowest BCUT2D eigenvalue weighted by atomic mass is 9.87. The molecule has 0 aromatic rings. The highest BCUT2D eigenvalue weighted by Crippen LogP contribution is 2.17. The number of hydrogen-bond acceptors (Lipinski definition) is 2. The van der Waals surface area contributed by atoms with Crippen LogP contribution in [0.5, 0.6) is 0 Å². The molecule has 0 radical (unpaired) electrons. The van der Waals surface area contributed by atoms with Crippen LogP contribution >= 0.6 is 0 Å². The Morgan fingerprint density at radius 3 is 2.06 bits per heavy atom. The molecule has 1 aliphatic carbocycles. The van der Waals surface area contributed by atoms with Crippen molar-refractivity contribution in [3.8, 4) is 0 Å². The van der Waals surface area contributed by atoms with Crippen LogP contribution < -0.4 is 11.1 Å². The molecular formula is C14H30N2. The van der Waals surface area contributed by atoms with Crippen molar-refractivity contribution < 1.29 is 0 Å². The van der Waals surface area contributed by atoms with Crippen LogP contribution in [0.1, 0.15) is 71.1 Å². The first kappa shape index (κ1) is 14.0. The summed E-state index contributed by atoms with van der Waals surface area (Å²) >= 11 is 0. The highest BCUT2D eigenvalue weighted by atomic mass is 14.9. The highest BCUT2D eigenvalue weighted by molar-refractivity contribution is 4.87. The molecule has 3 N–H and O–H groups in total. The van der Waals surface area contributed by atoms with Gasteiger partial charge in [-0.1, -0.05) is 51.9 Å². The predicted molar refractivity (Wildman–Crippen MR) is 71.6 cm³/mol. The van der Waals surface area contributed by atoms with Gasteiger partial charge in [0.25, 0.3) is 0 Å². The zero-order valence-corrected chi connectivity index (χ0v) is 11.0. The highest BCUT2D eigenvalue weighted by Gasteiger charge is 2.24. The molecule has 0 atom stereocenters. The molecule has 0 saturated heterocycles. The lowest BCUT2D eigenvalue weighted by molar-refractivity contribution is 0.291. The molecule has 0 unspecified atom stereocenters. The largest absolute Gasteiger partial charge is 0.328 e. The van der Waals surface area contributed by atoms with Gasteiger partial charge in [-0.05, 0) is 25.8 Å². The average molecular weight is 226 g/mol. The number of nitrogens with two attached hydrogens (primary N) is 1. The fourth-order valence-electron chi connectivity index (χ4n) is 2.39. The van der Waals surface area contributed by atoms with Crippen molar-refractivity contribution in [3.63, 3.8) is 0 Å². The van der Waals surface area contributed by atoms with Crippen LogP contribution in [0.25, 0.3) is 0 Å². The summed E-state index contributed by atoms with van der Waals surface area (Å²) < 4.78 is 0. The van der Waals surface area contributed by atoms with Crippen LogP contribution in [0.3, 0.4) is 0 Å². The third-order valence-electron chi connectivity index (χ3n) is 3.64. The summed E-state index contributed by atoms with van der Waals surface area (Å²) in [4.78, 5) is 0. The van der Waals surface area contributed by atoms with E-state index >= 15 is 0 Å². The Balaban J connectivity index is 1.68. The molecule has 0 aliphatic heterocycles. The third kappa shape index (κ3) is 6.49. The predicted octanol–water partition coefficient (Wildman–Crippen LogP) is 3.21. The van der Waals surface area contributed by atoms with Crippen LogP contribution in [-0.2, 0) is 0 Å². The summed E-state index contributed by atoms with van der Waals surface area (Å²) in [5.41, 5.74) is 5.74. The molecule has 0 heterocycles. The third-order valence-corrected chi connectivity index (χ3v) is 3.64. The molecule has 16 heavy (non-hydrogen) atoms. The summed E-state index contributed by atoms with van der Waals surface area (Å²) in [5, 5.41) is 3.58. The van der Waals surface area contributed by atoms with E-state index in [-0.39, 0.29) is 0 Å². The van der Waals surface area contributed by atoms with E-state index in [2.05, 4.69) is 12.2 Å². The molecule has 1 aliphatic rings. The Morgan fingerprint density at radius 1 is 0.938 bits per heavy atom. The van der Waals surface area contributed by atoms with Crippen molar-refractivity contribution >= 4 is 0 Å². The van der Waals surface area contributed by atoms with Crippen LogP contribution in [0.2, 0.25) is 0 Å². The number of hydrogen-bond donors (Lipinski definition) is 2. The summed E-state index contributed by atoms with van der Waals surface area (Å²) in [6.07, 6.45) is 13.7. The van der Waals surface area contributed by atoms with E-state index < -0.39 is 0 Å². The number of nitrogens with one attached hydrogen (secondary N) is 1. The fraction of sp³-hybridized carbons (Fsp3) is 1.00. The zero-order valence-electron chi connectivity index (χ0n) is 11.0. The Bertz CT molecular complexity index is 153. The van der Waals surface area contributed by atoms with E-state index in [4.69, 9.17) is 5.73 Å². The van der Waals surface area contributed by atoms with E-state index in [9.17, 15) is 0 Å². The van der Waals surface area contributed by atoms with Gasteiger partial charge >= 0.3 is 0 Å². The second kappa shape index (κ2) is 9.00. The molecule has 1 rings (SSSR count). The summed E-state index contributed by atoms with van der Waals surface area (Å²) in [5.74, 6) is 0. The summed E-state index contributed by atoms with van der Waals surface area (Å²) in [7, 11) is 0. The quantitative estimate of drug-likeness (QED) is 0.561. The molecule has 2 nitrogen and oxygen atoms in total. The van der Waals surface area contributed by atoms with E-state index in [0.717, 1.165) is 6.04 Å². The molecule has 1 saturated carbocycles. The number of rotatable bonds is 10. The molecular weight excluding hydrogens is 196 g/mol. The maximum absolute atomic E-state index is 5.74. The lowest BCUT2D eigenvalue weighted by Gasteiger charge is -2.33. The van der Waals surface area contributed by atoms with E-state index in [1.54, 1.807) is 0 Å². The zero-order chi connectivity index (χ0) is 11.6. The van der Waals surface area contributed by atoms with Crippen LogP contribution in [-0.4, -0.2) is 18.6 Å². The molecule has 0 bridgehead atoms. The Morgan fingerprint density at radius 2 is 1.50 bits per heavy atom. The normalized spacial score (nSPS) is 24.4. The van der Waals surface area contributed by atoms with Crippen molar-refractivity contribution in [3.05, 3.63) is 0 Å². The molecule has 0 aromatic heterocycles. The van der Waals surface area contributed by atoms with Gasteiger partial charge in [0.15, 0.2) is 0 Å². The Kier molecular flexibility index (Phi) is 7.87. The van der Waals surface area contributed by atoms with Gasteiger partial charge in [0.05, 0.1) is 0 Å². The topological polar surface area (TPSA) is 38.0 Å². The minimum absolute atomic E-state index is 0.482. The first-order valence-electron chi connectivity index (χ1n) is 7.32. The van der Waals surface area contributed by atoms with Crippen LogP contribution in [0.15, 0.2) is 0 Å². The van der Waals surface area contributed by atoms with Gasteiger partial charge < -0.3 is 11.1 Å². The van der Waals surface area contributed by atoms with Crippen LogP contribution in [0.4, 0.5) is 0 Å². The number of unbranched alkanes of at least 4 members (excludes halogenated alkanes) is 7. The standard InChI is InChI=1S/C14H30N2/c1-2-3-4-5-6-7-8-9-10-16-14-11-13(15)12-14/h13-14,16H,2-12,15H2,1H3. The minimum Gasteiger partial charge on any atom is -0.328 e. The van der Waals surface area contributed by atoms with Gasteiger partial charge in [-0.2, -0.15) is 0 Å². The van der Waals surface area contributed by atoms with Crippen molar-refractivity contribution in [2.45, 2.75) is 83.2 Å². The molecule has 1 fully saturated rings. The molecule has 2 heteroatoms. The fourth-order valence-corrected chi connectivity index (χ4v) is 2.39. The molecule has 0 amide bonds. The van der Waals surface area contributed by atoms with Gasteiger partial charge in [-0.3, -0.25) is 0 Å². The second-order valence-electron chi connectivity index (χ2n) is 5.36. The van der Waals surface area contributed by atoms with Gasteiger partial charge in [-0.25, -0.2) is 0 Å². The van der Waals surface area contributed by atoms with Gasteiger partial charge in [0, 0.05) is 12.1 Å². The maximum atomic E-state index is 5.74. The van der Waals surface area contributed by atoms with Gasteiger partial charge in [-0.15, -0.1) is 0 Å². The van der Waals surface area contributed by atoms with Crippen LogP contribution in [0, 0.1) is 0 Å². The monoisotopic (exact) mass is 226 g/mol. The van der Waals surface area contributed by atoms with Crippen molar-refractivity contribution in [1.82, 2.24) is 5.32 Å². The van der Waals surface area contributed by atoms with Gasteiger partial charge in [0.2, 0.25) is 0 Å². The Hall–Kier alpha value is -0.0800.